The van der Waals surface area contributed by atoms with Crippen molar-refractivity contribution < 1.29 is 13.9 Å². The van der Waals surface area contributed by atoms with Crippen LogP contribution in [0.2, 0.25) is 0 Å². The van der Waals surface area contributed by atoms with Crippen molar-refractivity contribution in [1.82, 2.24) is 10.3 Å². The van der Waals surface area contributed by atoms with E-state index in [2.05, 4.69) is 26.2 Å². The van der Waals surface area contributed by atoms with Gasteiger partial charge in [-0.05, 0) is 42.8 Å². The molecule has 5 nitrogen and oxygen atoms in total. The zero-order valence-corrected chi connectivity index (χ0v) is 12.6. The van der Waals surface area contributed by atoms with Crippen molar-refractivity contribution in [3.63, 3.8) is 0 Å². The summed E-state index contributed by atoms with van der Waals surface area (Å²) in [6.45, 7) is 5.26. The van der Waals surface area contributed by atoms with Crippen LogP contribution in [-0.2, 0) is 4.74 Å². The SMILES string of the molecule is CC(C)(C)OC(=O)NC(CN)c1cc(Br)cnc1F. The van der Waals surface area contributed by atoms with Crippen LogP contribution >= 0.6 is 15.9 Å². The van der Waals surface area contributed by atoms with Crippen molar-refractivity contribution in [2.45, 2.75) is 32.4 Å². The first-order valence-corrected chi connectivity index (χ1v) is 6.53. The van der Waals surface area contributed by atoms with Crippen LogP contribution in [0.3, 0.4) is 0 Å². The van der Waals surface area contributed by atoms with E-state index < -0.39 is 23.7 Å². The van der Waals surface area contributed by atoms with E-state index in [0.29, 0.717) is 4.47 Å². The van der Waals surface area contributed by atoms with Crippen molar-refractivity contribution in [2.75, 3.05) is 6.54 Å². The van der Waals surface area contributed by atoms with Crippen LogP contribution in [0.15, 0.2) is 16.7 Å². The molecule has 1 unspecified atom stereocenters. The molecule has 0 aromatic carbocycles. The molecule has 0 aliphatic carbocycles. The van der Waals surface area contributed by atoms with E-state index in [4.69, 9.17) is 10.5 Å². The van der Waals surface area contributed by atoms with Gasteiger partial charge < -0.3 is 15.8 Å². The maximum absolute atomic E-state index is 13.6. The second-order valence-electron chi connectivity index (χ2n) is 4.97. The summed E-state index contributed by atoms with van der Waals surface area (Å²) in [6.07, 6.45) is 0.683. The van der Waals surface area contributed by atoms with Gasteiger partial charge in [0.05, 0.1) is 6.04 Å². The van der Waals surface area contributed by atoms with Gasteiger partial charge in [0, 0.05) is 22.8 Å². The van der Waals surface area contributed by atoms with Gasteiger partial charge in [0.15, 0.2) is 0 Å². The number of hydrogen-bond acceptors (Lipinski definition) is 4. The topological polar surface area (TPSA) is 77.2 Å². The Bertz CT molecular complexity index is 463. The van der Waals surface area contributed by atoms with Crippen LogP contribution in [-0.4, -0.2) is 23.2 Å². The van der Waals surface area contributed by atoms with E-state index in [-0.39, 0.29) is 12.1 Å². The molecule has 0 fully saturated rings. The highest BCUT2D eigenvalue weighted by Crippen LogP contribution is 2.20. The fourth-order valence-corrected chi connectivity index (χ4v) is 1.75. The van der Waals surface area contributed by atoms with Crippen molar-refractivity contribution in [2.24, 2.45) is 5.73 Å². The van der Waals surface area contributed by atoms with Gasteiger partial charge in [0.1, 0.15) is 5.60 Å². The van der Waals surface area contributed by atoms with Gasteiger partial charge in [-0.2, -0.15) is 4.39 Å². The van der Waals surface area contributed by atoms with E-state index in [1.54, 1.807) is 20.8 Å². The molecule has 0 saturated heterocycles. The fourth-order valence-electron chi connectivity index (χ4n) is 1.40. The van der Waals surface area contributed by atoms with Crippen LogP contribution < -0.4 is 11.1 Å². The Balaban J connectivity index is 2.84. The van der Waals surface area contributed by atoms with Gasteiger partial charge in [-0.1, -0.05) is 0 Å². The Hall–Kier alpha value is -1.21. The highest BCUT2D eigenvalue weighted by atomic mass is 79.9. The fraction of sp³-hybridized carbons (Fsp3) is 0.500. The summed E-state index contributed by atoms with van der Waals surface area (Å²) in [5, 5.41) is 2.52. The highest BCUT2D eigenvalue weighted by Gasteiger charge is 2.22. The van der Waals surface area contributed by atoms with E-state index in [1.807, 2.05) is 0 Å². The first-order valence-electron chi connectivity index (χ1n) is 5.73. The molecule has 19 heavy (non-hydrogen) atoms. The smallest absolute Gasteiger partial charge is 0.408 e. The zero-order chi connectivity index (χ0) is 14.6. The van der Waals surface area contributed by atoms with E-state index >= 15 is 0 Å². The number of amides is 1. The minimum Gasteiger partial charge on any atom is -0.444 e. The Kier molecular flexibility index (Phi) is 5.25. The largest absolute Gasteiger partial charge is 0.444 e. The van der Waals surface area contributed by atoms with E-state index in [0.717, 1.165) is 0 Å². The predicted molar refractivity (Wildman–Crippen MR) is 73.1 cm³/mol. The lowest BCUT2D eigenvalue weighted by Gasteiger charge is -2.23. The summed E-state index contributed by atoms with van der Waals surface area (Å²) >= 11 is 3.19. The molecule has 0 radical (unpaired) electrons. The molecule has 1 atom stereocenters. The molecule has 0 spiro atoms. The lowest BCUT2D eigenvalue weighted by atomic mass is 10.1. The number of carbonyl (C=O) groups excluding carboxylic acids is 1. The second-order valence-corrected chi connectivity index (χ2v) is 5.88. The lowest BCUT2D eigenvalue weighted by molar-refractivity contribution is 0.0504. The van der Waals surface area contributed by atoms with Gasteiger partial charge in [-0.3, -0.25) is 0 Å². The lowest BCUT2D eigenvalue weighted by Crippen LogP contribution is -2.38. The Morgan fingerprint density at radius 2 is 2.26 bits per heavy atom. The third-order valence-electron chi connectivity index (χ3n) is 2.13. The molecule has 0 bridgehead atoms. The monoisotopic (exact) mass is 333 g/mol. The molecule has 106 valence electrons. The number of halogens is 2. The summed E-state index contributed by atoms with van der Waals surface area (Å²) in [6, 6.07) is 0.830. The van der Waals surface area contributed by atoms with E-state index in [1.165, 1.54) is 12.3 Å². The summed E-state index contributed by atoms with van der Waals surface area (Å²) in [5.74, 6) is -0.672. The number of nitrogens with zero attached hydrogens (tertiary/aromatic N) is 1. The minimum absolute atomic E-state index is 0.0360. The molecule has 1 heterocycles. The van der Waals surface area contributed by atoms with Gasteiger partial charge in [0.25, 0.3) is 0 Å². The van der Waals surface area contributed by atoms with Crippen molar-refractivity contribution in [3.05, 3.63) is 28.2 Å². The second kappa shape index (κ2) is 6.29. The third-order valence-corrected chi connectivity index (χ3v) is 2.57. The molecule has 0 aliphatic heterocycles. The van der Waals surface area contributed by atoms with Gasteiger partial charge >= 0.3 is 6.09 Å². The Labute approximate surface area is 119 Å². The number of rotatable bonds is 3. The first kappa shape index (κ1) is 15.8. The maximum atomic E-state index is 13.6. The summed E-state index contributed by atoms with van der Waals surface area (Å²) in [5.41, 5.74) is 5.14. The van der Waals surface area contributed by atoms with E-state index in [9.17, 15) is 9.18 Å². The molecular weight excluding hydrogens is 317 g/mol. The predicted octanol–water partition coefficient (Wildman–Crippen LogP) is 2.51. The minimum atomic E-state index is -0.695. The third kappa shape index (κ3) is 5.12. The summed E-state index contributed by atoms with van der Waals surface area (Å²) in [4.78, 5) is 15.2. The molecule has 0 aliphatic rings. The molecule has 7 heteroatoms. The molecule has 3 N–H and O–H groups in total. The molecular formula is C12H17BrFN3O2. The average molecular weight is 334 g/mol. The van der Waals surface area contributed by atoms with Crippen molar-refractivity contribution in [3.8, 4) is 0 Å². The average Bonchev–Trinajstić information content (AvgIpc) is 2.27. The maximum Gasteiger partial charge on any atom is 0.408 e. The highest BCUT2D eigenvalue weighted by molar-refractivity contribution is 9.10. The first-order chi connectivity index (χ1) is 8.73. The molecule has 1 amide bonds. The normalized spacial score (nSPS) is 12.9. The number of nitrogens with one attached hydrogen (secondary N) is 1. The molecule has 0 saturated carbocycles. The van der Waals surface area contributed by atoms with Gasteiger partial charge in [0.2, 0.25) is 5.95 Å². The Morgan fingerprint density at radius 1 is 1.63 bits per heavy atom. The van der Waals surface area contributed by atoms with Crippen LogP contribution in [0, 0.1) is 5.95 Å². The number of ether oxygens (including phenoxy) is 1. The van der Waals surface area contributed by atoms with Crippen molar-refractivity contribution in [1.29, 1.82) is 0 Å². The number of alkyl carbamates (subject to hydrolysis) is 1. The number of pyridine rings is 1. The van der Waals surface area contributed by atoms with Gasteiger partial charge in [-0.25, -0.2) is 9.78 Å². The number of carbonyl (C=O) groups is 1. The van der Waals surface area contributed by atoms with Gasteiger partial charge in [-0.15, -0.1) is 0 Å². The molecule has 1 rings (SSSR count). The van der Waals surface area contributed by atoms with Crippen LogP contribution in [0.5, 0.6) is 0 Å². The quantitative estimate of drug-likeness (QED) is 0.833. The standard InChI is InChI=1S/C12H17BrFN3O2/c1-12(2,3)19-11(18)17-9(5-15)8-4-7(13)6-16-10(8)14/h4,6,9H,5,15H2,1-3H3,(H,17,18). The molecule has 1 aromatic heterocycles. The van der Waals surface area contributed by atoms with Crippen molar-refractivity contribution >= 4 is 22.0 Å². The molecule has 1 aromatic rings. The zero-order valence-electron chi connectivity index (χ0n) is 11.0. The number of nitrogens with two attached hydrogens (primary N) is 1. The number of aromatic nitrogens is 1. The number of hydrogen-bond donors (Lipinski definition) is 2. The van der Waals surface area contributed by atoms with Crippen LogP contribution in [0.25, 0.3) is 0 Å². The summed E-state index contributed by atoms with van der Waals surface area (Å²) < 4.78 is 19.3. The Morgan fingerprint density at radius 3 is 2.79 bits per heavy atom. The van der Waals surface area contributed by atoms with Crippen LogP contribution in [0.1, 0.15) is 32.4 Å². The summed E-state index contributed by atoms with van der Waals surface area (Å²) in [7, 11) is 0. The van der Waals surface area contributed by atoms with Crippen LogP contribution in [0.4, 0.5) is 9.18 Å².